The molecule has 0 bridgehead atoms. The Kier molecular flexibility index (Phi) is 4.38. The van der Waals surface area contributed by atoms with E-state index >= 15 is 0 Å². The molecule has 0 fully saturated rings. The number of halogens is 1. The van der Waals surface area contributed by atoms with Gasteiger partial charge in [-0.3, -0.25) is 4.79 Å². The van der Waals surface area contributed by atoms with Crippen molar-refractivity contribution in [2.75, 3.05) is 10.6 Å². The van der Waals surface area contributed by atoms with Crippen LogP contribution in [-0.4, -0.2) is 16.0 Å². The number of benzene rings is 1. The van der Waals surface area contributed by atoms with Crippen molar-refractivity contribution in [1.29, 1.82) is 0 Å². The zero-order valence-corrected chi connectivity index (χ0v) is 13.8. The van der Waals surface area contributed by atoms with Crippen molar-refractivity contribution < 1.29 is 9.32 Å². The number of amides is 1. The Hall–Kier alpha value is -2.67. The zero-order valence-electron chi connectivity index (χ0n) is 12.2. The second kappa shape index (κ2) is 6.62. The lowest BCUT2D eigenvalue weighted by atomic mass is 10.2. The molecule has 0 aliphatic rings. The predicted molar refractivity (Wildman–Crippen MR) is 90.9 cm³/mol. The van der Waals surface area contributed by atoms with Gasteiger partial charge < -0.3 is 15.2 Å². The van der Waals surface area contributed by atoms with Gasteiger partial charge in [-0.25, -0.2) is 4.98 Å². The molecule has 3 rings (SSSR count). The standard InChI is InChI=1S/C16H13BrN4O2/c1-10-7-15(21-23-10)20-16(22)11-5-6-18-14(8-11)19-13-4-2-3-12(17)9-13/h2-9H,1H3,(H,18,19)(H,20,21,22). The number of carbonyl (C=O) groups excluding carboxylic acids is 1. The van der Waals surface area contributed by atoms with Gasteiger partial charge in [0.15, 0.2) is 5.82 Å². The van der Waals surface area contributed by atoms with E-state index in [9.17, 15) is 4.79 Å². The lowest BCUT2D eigenvalue weighted by molar-refractivity contribution is 0.102. The summed E-state index contributed by atoms with van der Waals surface area (Å²) in [6.45, 7) is 1.76. The van der Waals surface area contributed by atoms with E-state index in [1.807, 2.05) is 24.3 Å². The number of carbonyl (C=O) groups is 1. The third-order valence-electron chi connectivity index (χ3n) is 2.99. The van der Waals surface area contributed by atoms with Gasteiger partial charge in [-0.05, 0) is 37.3 Å². The number of pyridine rings is 1. The molecule has 1 amide bonds. The topological polar surface area (TPSA) is 80.0 Å². The molecule has 6 nitrogen and oxygen atoms in total. The highest BCUT2D eigenvalue weighted by Crippen LogP contribution is 2.20. The number of anilines is 3. The molecule has 116 valence electrons. The van der Waals surface area contributed by atoms with E-state index in [4.69, 9.17) is 4.52 Å². The van der Waals surface area contributed by atoms with Crippen LogP contribution in [0.1, 0.15) is 16.1 Å². The molecular formula is C16H13BrN4O2. The van der Waals surface area contributed by atoms with Gasteiger partial charge >= 0.3 is 0 Å². The lowest BCUT2D eigenvalue weighted by Gasteiger charge is -2.07. The Balaban J connectivity index is 1.75. The normalized spacial score (nSPS) is 10.3. The van der Waals surface area contributed by atoms with Crippen molar-refractivity contribution in [1.82, 2.24) is 10.1 Å². The summed E-state index contributed by atoms with van der Waals surface area (Å²) in [7, 11) is 0. The van der Waals surface area contributed by atoms with Crippen molar-refractivity contribution in [3.8, 4) is 0 Å². The van der Waals surface area contributed by atoms with Crippen LogP contribution in [0.25, 0.3) is 0 Å². The molecular weight excluding hydrogens is 360 g/mol. The van der Waals surface area contributed by atoms with Gasteiger partial charge in [-0.15, -0.1) is 0 Å². The first kappa shape index (κ1) is 15.2. The zero-order chi connectivity index (χ0) is 16.2. The minimum atomic E-state index is -0.280. The minimum absolute atomic E-state index is 0.280. The second-order valence-corrected chi connectivity index (χ2v) is 5.76. The van der Waals surface area contributed by atoms with E-state index in [2.05, 4.69) is 36.7 Å². The Morgan fingerprint density at radius 3 is 2.78 bits per heavy atom. The lowest BCUT2D eigenvalue weighted by Crippen LogP contribution is -2.12. The van der Waals surface area contributed by atoms with E-state index in [1.165, 1.54) is 0 Å². The monoisotopic (exact) mass is 372 g/mol. The number of hydrogen-bond donors (Lipinski definition) is 2. The summed E-state index contributed by atoms with van der Waals surface area (Å²) in [5.74, 6) is 1.31. The van der Waals surface area contributed by atoms with E-state index in [1.54, 1.807) is 31.3 Å². The van der Waals surface area contributed by atoms with Gasteiger partial charge in [0.05, 0.1) is 0 Å². The number of nitrogens with one attached hydrogen (secondary N) is 2. The van der Waals surface area contributed by atoms with Crippen molar-refractivity contribution in [3.63, 3.8) is 0 Å². The minimum Gasteiger partial charge on any atom is -0.360 e. The van der Waals surface area contributed by atoms with E-state index in [-0.39, 0.29) is 5.91 Å². The van der Waals surface area contributed by atoms with Gasteiger partial charge in [-0.1, -0.05) is 27.2 Å². The van der Waals surface area contributed by atoms with Crippen molar-refractivity contribution in [2.45, 2.75) is 6.92 Å². The van der Waals surface area contributed by atoms with E-state index in [0.717, 1.165) is 10.2 Å². The first-order valence-electron chi connectivity index (χ1n) is 6.83. The Morgan fingerprint density at radius 1 is 1.17 bits per heavy atom. The molecule has 0 saturated heterocycles. The first-order chi connectivity index (χ1) is 11.1. The second-order valence-electron chi connectivity index (χ2n) is 4.84. The molecule has 3 aromatic rings. The van der Waals surface area contributed by atoms with Crippen molar-refractivity contribution in [3.05, 3.63) is 64.5 Å². The third-order valence-corrected chi connectivity index (χ3v) is 3.48. The average Bonchev–Trinajstić information content (AvgIpc) is 2.92. The maximum Gasteiger partial charge on any atom is 0.257 e. The van der Waals surface area contributed by atoms with Crippen molar-refractivity contribution >= 4 is 39.2 Å². The van der Waals surface area contributed by atoms with Gasteiger partial charge in [0.25, 0.3) is 5.91 Å². The molecule has 2 N–H and O–H groups in total. The SMILES string of the molecule is Cc1cc(NC(=O)c2ccnc(Nc3cccc(Br)c3)c2)no1. The number of aryl methyl sites for hydroxylation is 1. The predicted octanol–water partition coefficient (Wildman–Crippen LogP) is 4.14. The summed E-state index contributed by atoms with van der Waals surface area (Å²) in [5.41, 5.74) is 1.34. The number of nitrogens with zero attached hydrogens (tertiary/aromatic N) is 2. The number of hydrogen-bond acceptors (Lipinski definition) is 5. The van der Waals surface area contributed by atoms with Crippen LogP contribution in [0, 0.1) is 6.92 Å². The van der Waals surface area contributed by atoms with E-state index < -0.39 is 0 Å². The van der Waals surface area contributed by atoms with Crippen LogP contribution in [0.4, 0.5) is 17.3 Å². The third kappa shape index (κ3) is 3.95. The van der Waals surface area contributed by atoms with Gasteiger partial charge in [0.2, 0.25) is 0 Å². The molecule has 0 saturated carbocycles. The van der Waals surface area contributed by atoms with Gasteiger partial charge in [0.1, 0.15) is 11.6 Å². The Bertz CT molecular complexity index is 847. The molecule has 7 heteroatoms. The number of aromatic nitrogens is 2. The van der Waals surface area contributed by atoms with E-state index in [0.29, 0.717) is 23.0 Å². The average molecular weight is 373 g/mol. The van der Waals surface area contributed by atoms with Crippen LogP contribution in [0.3, 0.4) is 0 Å². The number of rotatable bonds is 4. The van der Waals surface area contributed by atoms with Crippen LogP contribution in [0.5, 0.6) is 0 Å². The molecule has 2 heterocycles. The fourth-order valence-electron chi connectivity index (χ4n) is 1.97. The first-order valence-corrected chi connectivity index (χ1v) is 7.63. The van der Waals surface area contributed by atoms with Crippen LogP contribution >= 0.6 is 15.9 Å². The summed E-state index contributed by atoms with van der Waals surface area (Å²) < 4.78 is 5.88. The molecule has 1 aromatic carbocycles. The van der Waals surface area contributed by atoms with Crippen LogP contribution in [-0.2, 0) is 0 Å². The molecule has 0 radical (unpaired) electrons. The molecule has 23 heavy (non-hydrogen) atoms. The Morgan fingerprint density at radius 2 is 2.04 bits per heavy atom. The molecule has 0 aliphatic carbocycles. The molecule has 0 atom stereocenters. The smallest absolute Gasteiger partial charge is 0.257 e. The van der Waals surface area contributed by atoms with Crippen molar-refractivity contribution in [2.24, 2.45) is 0 Å². The van der Waals surface area contributed by atoms with Crippen LogP contribution in [0.2, 0.25) is 0 Å². The van der Waals surface area contributed by atoms with Crippen LogP contribution in [0.15, 0.2) is 57.7 Å². The van der Waals surface area contributed by atoms with Gasteiger partial charge in [0, 0.05) is 28.0 Å². The van der Waals surface area contributed by atoms with Gasteiger partial charge in [-0.2, -0.15) is 0 Å². The summed E-state index contributed by atoms with van der Waals surface area (Å²) >= 11 is 3.41. The fraction of sp³-hybridized carbons (Fsp3) is 0.0625. The summed E-state index contributed by atoms with van der Waals surface area (Å²) in [4.78, 5) is 16.4. The summed E-state index contributed by atoms with van der Waals surface area (Å²) in [6, 6.07) is 12.6. The summed E-state index contributed by atoms with van der Waals surface area (Å²) in [5, 5.41) is 9.56. The Labute approximate surface area is 141 Å². The highest BCUT2D eigenvalue weighted by atomic mass is 79.9. The maximum absolute atomic E-state index is 12.2. The summed E-state index contributed by atoms with van der Waals surface area (Å²) in [6.07, 6.45) is 1.57. The molecule has 2 aromatic heterocycles. The quantitative estimate of drug-likeness (QED) is 0.719. The fourth-order valence-corrected chi connectivity index (χ4v) is 2.37. The largest absolute Gasteiger partial charge is 0.360 e. The molecule has 0 unspecified atom stereocenters. The molecule has 0 aliphatic heterocycles. The molecule has 0 spiro atoms. The maximum atomic E-state index is 12.2. The highest BCUT2D eigenvalue weighted by Gasteiger charge is 2.10. The van der Waals surface area contributed by atoms with Crippen LogP contribution < -0.4 is 10.6 Å². The highest BCUT2D eigenvalue weighted by molar-refractivity contribution is 9.10.